The van der Waals surface area contributed by atoms with Gasteiger partial charge in [0.1, 0.15) is 18.5 Å². The zero-order valence-corrected chi connectivity index (χ0v) is 25.8. The second-order valence-corrected chi connectivity index (χ2v) is 13.6. The van der Waals surface area contributed by atoms with Crippen molar-refractivity contribution in [1.29, 1.82) is 0 Å². The summed E-state index contributed by atoms with van der Waals surface area (Å²) in [6.45, 7) is 1.47. The number of pyridine rings is 1. The Balaban J connectivity index is 1.36. The number of aromatic nitrogens is 1. The number of rotatable bonds is 17. The number of unbranched alkanes of at least 4 members (excludes halogenated alkanes) is 1. The van der Waals surface area contributed by atoms with Gasteiger partial charge in [0, 0.05) is 38.7 Å². The van der Waals surface area contributed by atoms with Crippen LogP contribution < -0.4 is 10.6 Å². The van der Waals surface area contributed by atoms with Crippen molar-refractivity contribution < 1.29 is 32.2 Å². The number of benzene rings is 1. The standard InChI is InChI=1S/C31H43FN4O6S/c1-42-24(20-32)21-36(18-6-5-9-23-13-12-22-8-7-17-33-28(22)34-23)19-14-26(29(37)38)35-30(39)31(15-16-31)25-10-3-4-11-27(25)43(2,40)41/h3-4,10-13,24,26H,5-9,14-21H2,1-2H3,(H,33,34)(H,35,39)(H,37,38). The summed E-state index contributed by atoms with van der Waals surface area (Å²) < 4.78 is 43.5. The number of sulfone groups is 1. The highest BCUT2D eigenvalue weighted by Gasteiger charge is 2.53. The van der Waals surface area contributed by atoms with Crippen molar-refractivity contribution in [1.82, 2.24) is 15.2 Å². The molecule has 2 heterocycles. The third-order valence-corrected chi connectivity index (χ3v) is 9.56. The maximum Gasteiger partial charge on any atom is 0.326 e. The first kappa shape index (κ1) is 32.8. The molecule has 1 aromatic carbocycles. The number of anilines is 1. The fraction of sp³-hybridized carbons (Fsp3) is 0.581. The predicted octanol–water partition coefficient (Wildman–Crippen LogP) is 3.14. The summed E-state index contributed by atoms with van der Waals surface area (Å²) in [5.41, 5.74) is 1.59. The number of alkyl halides is 1. The number of carbonyl (C=O) groups excluding carboxylic acids is 1. The van der Waals surface area contributed by atoms with Gasteiger partial charge in [-0.05, 0) is 81.2 Å². The molecular weight excluding hydrogens is 575 g/mol. The molecule has 0 saturated heterocycles. The molecule has 0 bridgehead atoms. The fourth-order valence-corrected chi connectivity index (χ4v) is 6.70. The van der Waals surface area contributed by atoms with Crippen LogP contribution >= 0.6 is 0 Å². The molecule has 1 aliphatic heterocycles. The molecule has 0 radical (unpaired) electrons. The number of methoxy groups -OCH3 is 1. The molecular formula is C31H43FN4O6S. The van der Waals surface area contributed by atoms with Gasteiger partial charge in [-0.3, -0.25) is 4.79 Å². The van der Waals surface area contributed by atoms with Gasteiger partial charge in [0.15, 0.2) is 9.84 Å². The number of amides is 1. The summed E-state index contributed by atoms with van der Waals surface area (Å²) in [6.07, 6.45) is 6.02. The topological polar surface area (TPSA) is 138 Å². The predicted molar refractivity (Wildman–Crippen MR) is 162 cm³/mol. The largest absolute Gasteiger partial charge is 0.480 e. The average molecular weight is 619 g/mol. The first-order valence-electron chi connectivity index (χ1n) is 14.9. The fourth-order valence-electron chi connectivity index (χ4n) is 5.71. The van der Waals surface area contributed by atoms with Gasteiger partial charge < -0.3 is 25.4 Å². The van der Waals surface area contributed by atoms with Crippen LogP contribution in [-0.4, -0.2) is 93.6 Å². The van der Waals surface area contributed by atoms with Gasteiger partial charge in [-0.2, -0.15) is 0 Å². The molecule has 1 saturated carbocycles. The number of halogens is 1. The number of carbonyl (C=O) groups is 2. The molecule has 0 spiro atoms. The molecule has 1 aromatic heterocycles. The highest BCUT2D eigenvalue weighted by Crippen LogP contribution is 2.50. The minimum absolute atomic E-state index is 0.0828. The van der Waals surface area contributed by atoms with Crippen molar-refractivity contribution in [3.8, 4) is 0 Å². The zero-order chi connectivity index (χ0) is 31.0. The number of hydrogen-bond acceptors (Lipinski definition) is 8. The van der Waals surface area contributed by atoms with Gasteiger partial charge in [-0.1, -0.05) is 24.3 Å². The Kier molecular flexibility index (Phi) is 11.1. The first-order chi connectivity index (χ1) is 20.6. The van der Waals surface area contributed by atoms with Gasteiger partial charge in [0.25, 0.3) is 0 Å². The molecule has 10 nitrogen and oxygen atoms in total. The average Bonchev–Trinajstić information content (AvgIpc) is 3.81. The van der Waals surface area contributed by atoms with E-state index in [2.05, 4.69) is 22.8 Å². The van der Waals surface area contributed by atoms with E-state index in [0.717, 1.165) is 56.4 Å². The maximum atomic E-state index is 13.5. The second-order valence-electron chi connectivity index (χ2n) is 11.6. The Labute approximate surface area is 253 Å². The van der Waals surface area contributed by atoms with Crippen LogP contribution in [0, 0.1) is 0 Å². The number of carboxylic acid groups (broad SMARTS) is 1. The summed E-state index contributed by atoms with van der Waals surface area (Å²) in [5, 5.41) is 16.0. The normalized spacial score (nSPS) is 17.0. The molecule has 4 rings (SSSR count). The van der Waals surface area contributed by atoms with Crippen molar-refractivity contribution in [3.63, 3.8) is 0 Å². The lowest BCUT2D eigenvalue weighted by Gasteiger charge is -2.28. The van der Waals surface area contributed by atoms with Gasteiger partial charge in [-0.15, -0.1) is 0 Å². The Bertz CT molecular complexity index is 1380. The first-order valence-corrected chi connectivity index (χ1v) is 16.8. The molecule has 2 aromatic rings. The molecule has 12 heteroatoms. The van der Waals surface area contributed by atoms with Gasteiger partial charge in [-0.25, -0.2) is 22.6 Å². The van der Waals surface area contributed by atoms with Crippen LogP contribution in [0.2, 0.25) is 0 Å². The number of hydrogen-bond donors (Lipinski definition) is 3. The molecule has 1 fully saturated rings. The van der Waals surface area contributed by atoms with Crippen LogP contribution in [0.25, 0.3) is 0 Å². The Morgan fingerprint density at radius 2 is 1.95 bits per heavy atom. The van der Waals surface area contributed by atoms with Crippen LogP contribution in [0.15, 0.2) is 41.3 Å². The maximum absolute atomic E-state index is 13.5. The van der Waals surface area contributed by atoms with Crippen molar-refractivity contribution in [2.75, 3.05) is 51.5 Å². The van der Waals surface area contributed by atoms with Crippen LogP contribution in [-0.2, 0) is 42.4 Å². The van der Waals surface area contributed by atoms with Crippen molar-refractivity contribution in [2.24, 2.45) is 0 Å². The Morgan fingerprint density at radius 3 is 2.63 bits per heavy atom. The third-order valence-electron chi connectivity index (χ3n) is 8.40. The molecule has 1 aliphatic carbocycles. The number of aliphatic carboxylic acids is 1. The number of ether oxygens (including phenoxy) is 1. The highest BCUT2D eigenvalue weighted by molar-refractivity contribution is 7.90. The number of aryl methyl sites for hydroxylation is 2. The molecule has 2 aliphatic rings. The minimum Gasteiger partial charge on any atom is -0.480 e. The lowest BCUT2D eigenvalue weighted by atomic mass is 9.94. The van der Waals surface area contributed by atoms with E-state index in [4.69, 9.17) is 9.72 Å². The summed E-state index contributed by atoms with van der Waals surface area (Å²) in [5.74, 6) is -0.708. The summed E-state index contributed by atoms with van der Waals surface area (Å²) in [7, 11) is -2.13. The van der Waals surface area contributed by atoms with Crippen LogP contribution in [0.1, 0.15) is 55.3 Å². The van der Waals surface area contributed by atoms with Gasteiger partial charge >= 0.3 is 5.97 Å². The van der Waals surface area contributed by atoms with Crippen LogP contribution in [0.5, 0.6) is 0 Å². The zero-order valence-electron chi connectivity index (χ0n) is 25.0. The van der Waals surface area contributed by atoms with Gasteiger partial charge in [0.05, 0.1) is 16.4 Å². The van der Waals surface area contributed by atoms with E-state index in [1.807, 2.05) is 4.90 Å². The smallest absolute Gasteiger partial charge is 0.326 e. The Hall–Kier alpha value is -3.09. The van der Waals surface area contributed by atoms with E-state index >= 15 is 0 Å². The van der Waals surface area contributed by atoms with Crippen molar-refractivity contribution in [3.05, 3.63) is 53.2 Å². The molecule has 2 unspecified atom stereocenters. The lowest BCUT2D eigenvalue weighted by Crippen LogP contribution is -2.48. The monoisotopic (exact) mass is 618 g/mol. The molecule has 43 heavy (non-hydrogen) atoms. The number of fused-ring (bicyclic) bond motifs is 1. The lowest BCUT2D eigenvalue weighted by molar-refractivity contribution is -0.142. The second kappa shape index (κ2) is 14.6. The van der Waals surface area contributed by atoms with E-state index in [1.54, 1.807) is 18.2 Å². The summed E-state index contributed by atoms with van der Waals surface area (Å²) in [6, 6.07) is 9.39. The minimum atomic E-state index is -3.58. The van der Waals surface area contributed by atoms with Gasteiger partial charge in [0.2, 0.25) is 5.91 Å². The van der Waals surface area contributed by atoms with E-state index in [0.29, 0.717) is 38.0 Å². The molecule has 2 atom stereocenters. The third kappa shape index (κ3) is 8.51. The number of nitrogens with one attached hydrogen (secondary N) is 2. The molecule has 1 amide bonds. The SMILES string of the molecule is COC(CF)CN(CCCCc1ccc2c(n1)NCCC2)CCC(NC(=O)C1(c2ccccc2S(C)(=O)=O)CC1)C(=O)O. The summed E-state index contributed by atoms with van der Waals surface area (Å²) >= 11 is 0. The van der Waals surface area contributed by atoms with E-state index in [1.165, 1.54) is 18.7 Å². The van der Waals surface area contributed by atoms with Crippen molar-refractivity contribution in [2.45, 2.75) is 73.8 Å². The highest BCUT2D eigenvalue weighted by atomic mass is 32.2. The molecule has 3 N–H and O–H groups in total. The van der Waals surface area contributed by atoms with Crippen LogP contribution in [0.4, 0.5) is 10.2 Å². The number of nitrogens with zero attached hydrogens (tertiary/aromatic N) is 2. The summed E-state index contributed by atoms with van der Waals surface area (Å²) in [4.78, 5) is 32.4. The Morgan fingerprint density at radius 1 is 1.19 bits per heavy atom. The number of carboxylic acids is 1. The van der Waals surface area contributed by atoms with E-state index in [9.17, 15) is 27.5 Å². The van der Waals surface area contributed by atoms with E-state index < -0.39 is 45.9 Å². The molecule has 236 valence electrons. The van der Waals surface area contributed by atoms with E-state index in [-0.39, 0.29) is 11.3 Å². The quantitative estimate of drug-likeness (QED) is 0.228. The van der Waals surface area contributed by atoms with Crippen LogP contribution in [0.3, 0.4) is 0 Å². The van der Waals surface area contributed by atoms with Crippen molar-refractivity contribution >= 4 is 27.5 Å².